The van der Waals surface area contributed by atoms with Gasteiger partial charge in [-0.05, 0) is 0 Å². The molecule has 0 aromatic heterocycles. The van der Waals surface area contributed by atoms with Crippen molar-refractivity contribution in [1.29, 1.82) is 0 Å². The van der Waals surface area contributed by atoms with E-state index in [1.807, 2.05) is 0 Å². The largest absolute Gasteiger partial charge is 2.00 e. The molecule has 0 fully saturated rings. The Morgan fingerprint density at radius 2 is 2.19 bits per heavy atom. The number of hydrogen-bond acceptors (Lipinski definition) is 4. The van der Waals surface area contributed by atoms with Crippen LogP contribution in [0.1, 0.15) is 19.3 Å². The Morgan fingerprint density at radius 1 is 1.56 bits per heavy atom. The number of carbonyl (C=O) groups excluding carboxylic acids is 3. The molecule has 5 nitrogen and oxygen atoms in total. The summed E-state index contributed by atoms with van der Waals surface area (Å²) in [6, 6.07) is -0.828. The van der Waals surface area contributed by atoms with E-state index in [4.69, 9.17) is 0 Å². The molecular formula is C10H15NO4Zn. The van der Waals surface area contributed by atoms with E-state index >= 15 is 0 Å². The molecule has 0 heterocycles. The molecule has 0 aliphatic heterocycles. The van der Waals surface area contributed by atoms with Crippen molar-refractivity contribution in [3.05, 3.63) is 13.3 Å². The van der Waals surface area contributed by atoms with Crippen LogP contribution in [0.4, 0.5) is 0 Å². The molecule has 0 spiro atoms. The van der Waals surface area contributed by atoms with E-state index < -0.39 is 12.0 Å². The van der Waals surface area contributed by atoms with Crippen molar-refractivity contribution < 1.29 is 38.6 Å². The second kappa shape index (κ2) is 10.6. The van der Waals surface area contributed by atoms with Crippen molar-refractivity contribution in [1.82, 2.24) is 5.32 Å². The van der Waals surface area contributed by atoms with Crippen LogP contribution in [0.3, 0.4) is 0 Å². The molecule has 0 rings (SSSR count). The van der Waals surface area contributed by atoms with Gasteiger partial charge in [-0.25, -0.2) is 6.42 Å². The Morgan fingerprint density at radius 3 is 2.62 bits per heavy atom. The SMILES string of the molecule is [CH2-]CC[CH-]C(=O)NC(C=O)CC(=O)OC.[Zn+2]. The first-order chi connectivity index (χ1) is 7.13. The predicted molar refractivity (Wildman–Crippen MR) is 53.5 cm³/mol. The number of unbranched alkanes of at least 4 members (excludes halogenated alkanes) is 1. The molecule has 0 aromatic rings. The van der Waals surface area contributed by atoms with Crippen molar-refractivity contribution in [2.24, 2.45) is 0 Å². The summed E-state index contributed by atoms with van der Waals surface area (Å²) in [5.41, 5.74) is 0. The van der Waals surface area contributed by atoms with Crippen LogP contribution >= 0.6 is 0 Å². The maximum Gasteiger partial charge on any atom is 2.00 e. The van der Waals surface area contributed by atoms with E-state index in [1.54, 1.807) is 0 Å². The van der Waals surface area contributed by atoms with Crippen molar-refractivity contribution in [3.63, 3.8) is 0 Å². The molecule has 0 aliphatic rings. The van der Waals surface area contributed by atoms with Gasteiger partial charge in [0.2, 0.25) is 0 Å². The van der Waals surface area contributed by atoms with Gasteiger partial charge in [0.05, 0.1) is 25.5 Å². The van der Waals surface area contributed by atoms with E-state index in [9.17, 15) is 14.4 Å². The Bertz CT molecular complexity index is 233. The molecule has 0 saturated heterocycles. The first-order valence-corrected chi connectivity index (χ1v) is 4.59. The second-order valence-corrected chi connectivity index (χ2v) is 2.88. The first kappa shape index (κ1) is 17.5. The first-order valence-electron chi connectivity index (χ1n) is 4.59. The molecule has 1 N–H and O–H groups in total. The van der Waals surface area contributed by atoms with E-state index in [0.717, 1.165) is 0 Å². The molecule has 6 heteroatoms. The van der Waals surface area contributed by atoms with Crippen LogP contribution in [-0.4, -0.2) is 31.3 Å². The fourth-order valence-electron chi connectivity index (χ4n) is 0.871. The van der Waals surface area contributed by atoms with Crippen LogP contribution in [0.5, 0.6) is 0 Å². The van der Waals surface area contributed by atoms with Gasteiger partial charge in [0, 0.05) is 0 Å². The number of rotatable bonds is 7. The summed E-state index contributed by atoms with van der Waals surface area (Å²) in [5, 5.41) is 2.38. The van der Waals surface area contributed by atoms with Gasteiger partial charge >= 0.3 is 25.4 Å². The van der Waals surface area contributed by atoms with Crippen LogP contribution in [0.25, 0.3) is 0 Å². The summed E-state index contributed by atoms with van der Waals surface area (Å²) >= 11 is 0. The molecular weight excluding hydrogens is 264 g/mol. The molecule has 1 amide bonds. The summed E-state index contributed by atoms with van der Waals surface area (Å²) < 4.78 is 4.38. The fourth-order valence-corrected chi connectivity index (χ4v) is 0.871. The van der Waals surface area contributed by atoms with Gasteiger partial charge in [0.1, 0.15) is 6.29 Å². The minimum atomic E-state index is -0.828. The van der Waals surface area contributed by atoms with Gasteiger partial charge < -0.3 is 33.0 Å². The average molecular weight is 279 g/mol. The Balaban J connectivity index is 0. The number of carbonyl (C=O) groups is 3. The minimum Gasteiger partial charge on any atom is -0.469 e. The number of aldehydes is 1. The van der Waals surface area contributed by atoms with Crippen LogP contribution in [-0.2, 0) is 38.6 Å². The van der Waals surface area contributed by atoms with E-state index in [-0.39, 0.29) is 31.8 Å². The van der Waals surface area contributed by atoms with Gasteiger partial charge in [-0.15, -0.1) is 0 Å². The van der Waals surface area contributed by atoms with Crippen molar-refractivity contribution in [2.75, 3.05) is 7.11 Å². The minimum absolute atomic E-state index is 0. The molecule has 86 valence electrons. The fraction of sp³-hybridized carbons (Fsp3) is 0.500. The zero-order valence-corrected chi connectivity index (χ0v) is 12.4. The van der Waals surface area contributed by atoms with Crippen LogP contribution < -0.4 is 5.32 Å². The van der Waals surface area contributed by atoms with Crippen LogP contribution in [0.2, 0.25) is 0 Å². The van der Waals surface area contributed by atoms with Crippen LogP contribution in [0, 0.1) is 13.3 Å². The quantitative estimate of drug-likeness (QED) is 0.309. The zero-order valence-electron chi connectivity index (χ0n) is 9.40. The van der Waals surface area contributed by atoms with Gasteiger partial charge in [0.25, 0.3) is 0 Å². The molecule has 16 heavy (non-hydrogen) atoms. The second-order valence-electron chi connectivity index (χ2n) is 2.88. The molecule has 1 atom stereocenters. The Labute approximate surface area is 108 Å². The third-order valence-electron chi connectivity index (χ3n) is 1.64. The van der Waals surface area contributed by atoms with E-state index in [1.165, 1.54) is 13.5 Å². The number of amides is 1. The summed E-state index contributed by atoms with van der Waals surface area (Å²) in [6.45, 7) is 3.56. The molecule has 0 bridgehead atoms. The molecule has 0 radical (unpaired) electrons. The number of nitrogens with one attached hydrogen (secondary N) is 1. The van der Waals surface area contributed by atoms with Gasteiger partial charge in [-0.2, -0.15) is 6.42 Å². The van der Waals surface area contributed by atoms with Gasteiger partial charge in [0.15, 0.2) is 0 Å². The molecule has 0 aromatic carbocycles. The van der Waals surface area contributed by atoms with E-state index in [0.29, 0.717) is 19.1 Å². The number of ether oxygens (including phenoxy) is 1. The smallest absolute Gasteiger partial charge is 0.469 e. The third kappa shape index (κ3) is 8.41. The molecule has 0 aliphatic carbocycles. The summed E-state index contributed by atoms with van der Waals surface area (Å²) in [7, 11) is 1.22. The zero-order chi connectivity index (χ0) is 11.7. The maximum absolute atomic E-state index is 11.1. The topological polar surface area (TPSA) is 72.5 Å². The maximum atomic E-state index is 11.1. The average Bonchev–Trinajstić information content (AvgIpc) is 2.25. The summed E-state index contributed by atoms with van der Waals surface area (Å²) in [4.78, 5) is 32.5. The van der Waals surface area contributed by atoms with Crippen LogP contribution in [0.15, 0.2) is 0 Å². The monoisotopic (exact) mass is 277 g/mol. The summed E-state index contributed by atoms with van der Waals surface area (Å²) in [6.07, 6.45) is 2.89. The number of esters is 1. The molecule has 1 unspecified atom stereocenters. The number of methoxy groups -OCH3 is 1. The normalized spacial score (nSPS) is 10.6. The third-order valence-corrected chi connectivity index (χ3v) is 1.64. The van der Waals surface area contributed by atoms with Gasteiger partial charge in [-0.3, -0.25) is 4.79 Å². The summed E-state index contributed by atoms with van der Waals surface area (Å²) in [5.74, 6) is -0.913. The van der Waals surface area contributed by atoms with E-state index in [2.05, 4.69) is 17.0 Å². The van der Waals surface area contributed by atoms with Crippen molar-refractivity contribution in [2.45, 2.75) is 25.3 Å². The van der Waals surface area contributed by atoms with Crippen molar-refractivity contribution in [3.8, 4) is 0 Å². The predicted octanol–water partition coefficient (Wildman–Crippen LogP) is 0.0493. The molecule has 0 saturated carbocycles. The van der Waals surface area contributed by atoms with Gasteiger partial charge in [-0.1, -0.05) is 0 Å². The Kier molecular flexibility index (Phi) is 11.6. The Hall–Kier alpha value is -0.897. The number of hydrogen-bond donors (Lipinski definition) is 1. The standard InChI is InChI=1S/C10H15NO4.Zn/c1-3-4-5-9(13)11-8(7-12)6-10(14)15-2;/h5,7-8H,1,3-4,6H2,2H3,(H,11,13);/q-2;+2. The van der Waals surface area contributed by atoms with Crippen molar-refractivity contribution >= 4 is 18.2 Å².